The standard InChI is InChI=1S/C22H21N3O2/c1-13-8-15(11-23-10-13)20-24-12-19(27-20)14-4-7-17-18(9-14)25(16-5-6-16)21(26)22(17,2)3/h4,7-12,16H,5-6H2,1-3H3. The van der Waals surface area contributed by atoms with Gasteiger partial charge in [-0.1, -0.05) is 12.1 Å². The number of aromatic nitrogens is 2. The summed E-state index contributed by atoms with van der Waals surface area (Å²) in [6.45, 7) is 6.01. The van der Waals surface area contributed by atoms with Gasteiger partial charge in [-0.3, -0.25) is 9.78 Å². The summed E-state index contributed by atoms with van der Waals surface area (Å²) in [6, 6.07) is 8.49. The minimum atomic E-state index is -0.476. The number of rotatable bonds is 3. The third-order valence-electron chi connectivity index (χ3n) is 5.51. The number of oxazole rings is 1. The van der Waals surface area contributed by atoms with E-state index in [9.17, 15) is 4.79 Å². The van der Waals surface area contributed by atoms with Crippen molar-refractivity contribution in [3.8, 4) is 22.8 Å². The van der Waals surface area contributed by atoms with Crippen molar-refractivity contribution in [2.24, 2.45) is 0 Å². The second-order valence-corrected chi connectivity index (χ2v) is 8.04. The molecule has 2 aromatic heterocycles. The highest BCUT2D eigenvalue weighted by Gasteiger charge is 2.49. The maximum atomic E-state index is 12.9. The van der Waals surface area contributed by atoms with Crippen LogP contribution in [0.3, 0.4) is 0 Å². The summed E-state index contributed by atoms with van der Waals surface area (Å²) in [6.07, 6.45) is 7.46. The molecule has 1 saturated carbocycles. The summed E-state index contributed by atoms with van der Waals surface area (Å²) in [5.41, 5.74) is 4.48. The molecule has 0 atom stereocenters. The first kappa shape index (κ1) is 16.2. The van der Waals surface area contributed by atoms with Crippen LogP contribution in [-0.4, -0.2) is 21.9 Å². The monoisotopic (exact) mass is 359 g/mol. The molecule has 1 aliphatic heterocycles. The Morgan fingerprint density at radius 3 is 2.67 bits per heavy atom. The van der Waals surface area contributed by atoms with Gasteiger partial charge in [-0.15, -0.1) is 0 Å². The fourth-order valence-electron chi connectivity index (χ4n) is 3.85. The van der Waals surface area contributed by atoms with Crippen LogP contribution in [0.2, 0.25) is 0 Å². The number of anilines is 1. The Kier molecular flexibility index (Phi) is 3.32. The molecule has 0 radical (unpaired) electrons. The van der Waals surface area contributed by atoms with Crippen molar-refractivity contribution in [2.45, 2.75) is 45.1 Å². The van der Waals surface area contributed by atoms with Crippen molar-refractivity contribution in [1.82, 2.24) is 9.97 Å². The van der Waals surface area contributed by atoms with E-state index >= 15 is 0 Å². The molecular formula is C22H21N3O2. The van der Waals surface area contributed by atoms with E-state index in [1.165, 1.54) is 0 Å². The summed E-state index contributed by atoms with van der Waals surface area (Å²) in [5.74, 6) is 1.45. The Bertz CT molecular complexity index is 1060. The SMILES string of the molecule is Cc1cncc(-c2ncc(-c3ccc4c(c3)N(C3CC3)C(=O)C4(C)C)o2)c1. The fraction of sp³-hybridized carbons (Fsp3) is 0.318. The quantitative estimate of drug-likeness (QED) is 0.691. The van der Waals surface area contributed by atoms with Crippen molar-refractivity contribution >= 4 is 11.6 Å². The zero-order valence-corrected chi connectivity index (χ0v) is 15.7. The molecule has 5 rings (SSSR count). The molecule has 0 spiro atoms. The van der Waals surface area contributed by atoms with Crippen LogP contribution in [0, 0.1) is 6.92 Å². The average molecular weight is 359 g/mol. The molecule has 5 nitrogen and oxygen atoms in total. The number of amides is 1. The number of hydrogen-bond donors (Lipinski definition) is 0. The molecular weight excluding hydrogens is 338 g/mol. The van der Waals surface area contributed by atoms with E-state index < -0.39 is 5.41 Å². The fourth-order valence-corrected chi connectivity index (χ4v) is 3.85. The van der Waals surface area contributed by atoms with Gasteiger partial charge < -0.3 is 9.32 Å². The molecule has 0 unspecified atom stereocenters. The number of hydrogen-bond acceptors (Lipinski definition) is 4. The van der Waals surface area contributed by atoms with Gasteiger partial charge in [-0.25, -0.2) is 4.98 Å². The summed E-state index contributed by atoms with van der Waals surface area (Å²) in [4.78, 5) is 23.5. The number of fused-ring (bicyclic) bond motifs is 1. The first-order valence-electron chi connectivity index (χ1n) is 9.31. The summed E-state index contributed by atoms with van der Waals surface area (Å²) in [7, 11) is 0. The molecule has 27 heavy (non-hydrogen) atoms. The molecule has 1 fully saturated rings. The van der Waals surface area contributed by atoms with E-state index in [4.69, 9.17) is 4.42 Å². The van der Waals surface area contributed by atoms with E-state index in [0.717, 1.165) is 40.8 Å². The van der Waals surface area contributed by atoms with Crippen molar-refractivity contribution in [3.63, 3.8) is 0 Å². The Morgan fingerprint density at radius 1 is 1.11 bits per heavy atom. The molecule has 1 amide bonds. The number of carbonyl (C=O) groups is 1. The van der Waals surface area contributed by atoms with Crippen molar-refractivity contribution in [1.29, 1.82) is 0 Å². The zero-order chi connectivity index (χ0) is 18.8. The molecule has 0 saturated heterocycles. The van der Waals surface area contributed by atoms with E-state index in [-0.39, 0.29) is 5.91 Å². The smallest absolute Gasteiger partial charge is 0.237 e. The van der Waals surface area contributed by atoms with E-state index in [1.54, 1.807) is 18.6 Å². The molecule has 0 N–H and O–H groups in total. The second-order valence-electron chi connectivity index (χ2n) is 8.04. The van der Waals surface area contributed by atoms with Crippen LogP contribution in [-0.2, 0) is 10.2 Å². The summed E-state index contributed by atoms with van der Waals surface area (Å²) < 4.78 is 6.01. The zero-order valence-electron chi connectivity index (χ0n) is 15.7. The highest BCUT2D eigenvalue weighted by molar-refractivity contribution is 6.08. The van der Waals surface area contributed by atoms with Gasteiger partial charge in [0.25, 0.3) is 0 Å². The van der Waals surface area contributed by atoms with Gasteiger partial charge in [-0.05, 0) is 56.9 Å². The lowest BCUT2D eigenvalue weighted by Crippen LogP contribution is -2.37. The number of aryl methyl sites for hydroxylation is 1. The van der Waals surface area contributed by atoms with Crippen molar-refractivity contribution in [3.05, 3.63) is 54.0 Å². The first-order chi connectivity index (χ1) is 12.9. The molecule has 1 aliphatic carbocycles. The number of nitrogens with zero attached hydrogens (tertiary/aromatic N) is 3. The van der Waals surface area contributed by atoms with E-state index in [0.29, 0.717) is 17.7 Å². The predicted molar refractivity (Wildman–Crippen MR) is 103 cm³/mol. The molecule has 3 heterocycles. The predicted octanol–water partition coefficient (Wildman–Crippen LogP) is 4.50. The topological polar surface area (TPSA) is 59.2 Å². The number of pyridine rings is 1. The van der Waals surface area contributed by atoms with Crippen LogP contribution in [0.1, 0.15) is 37.8 Å². The van der Waals surface area contributed by atoms with Crippen LogP contribution < -0.4 is 4.90 Å². The van der Waals surface area contributed by atoms with E-state index in [2.05, 4.69) is 22.1 Å². The number of carbonyl (C=O) groups excluding carboxylic acids is 1. The number of benzene rings is 1. The third kappa shape index (κ3) is 2.49. The Labute approximate surface area is 158 Å². The normalized spacial score (nSPS) is 18.0. The van der Waals surface area contributed by atoms with Crippen molar-refractivity contribution in [2.75, 3.05) is 4.90 Å². The average Bonchev–Trinajstić information content (AvgIpc) is 3.31. The van der Waals surface area contributed by atoms with Crippen molar-refractivity contribution < 1.29 is 9.21 Å². The lowest BCUT2D eigenvalue weighted by atomic mass is 9.86. The molecule has 1 aromatic carbocycles. The molecule has 2 aliphatic rings. The van der Waals surface area contributed by atoms with Crippen LogP contribution in [0.25, 0.3) is 22.8 Å². The van der Waals surface area contributed by atoms with E-state index in [1.807, 2.05) is 37.8 Å². The van der Waals surface area contributed by atoms with Gasteiger partial charge in [-0.2, -0.15) is 0 Å². The minimum absolute atomic E-state index is 0.196. The third-order valence-corrected chi connectivity index (χ3v) is 5.51. The van der Waals surface area contributed by atoms with Gasteiger partial charge in [0.15, 0.2) is 5.76 Å². The van der Waals surface area contributed by atoms with Gasteiger partial charge in [0, 0.05) is 29.7 Å². The minimum Gasteiger partial charge on any atom is -0.436 e. The lowest BCUT2D eigenvalue weighted by molar-refractivity contribution is -0.122. The van der Waals surface area contributed by atoms with Gasteiger partial charge in [0.05, 0.1) is 17.2 Å². The molecule has 5 heteroatoms. The second kappa shape index (κ2) is 5.52. The highest BCUT2D eigenvalue weighted by Crippen LogP contribution is 2.47. The van der Waals surface area contributed by atoms with Gasteiger partial charge >= 0.3 is 0 Å². The highest BCUT2D eigenvalue weighted by atomic mass is 16.4. The molecule has 136 valence electrons. The largest absolute Gasteiger partial charge is 0.436 e. The van der Waals surface area contributed by atoms with Crippen LogP contribution in [0.5, 0.6) is 0 Å². The van der Waals surface area contributed by atoms with Crippen LogP contribution >= 0.6 is 0 Å². The van der Waals surface area contributed by atoms with Gasteiger partial charge in [0.2, 0.25) is 11.8 Å². The lowest BCUT2D eigenvalue weighted by Gasteiger charge is -2.19. The van der Waals surface area contributed by atoms with Crippen LogP contribution in [0.15, 0.2) is 47.3 Å². The van der Waals surface area contributed by atoms with Gasteiger partial charge in [0.1, 0.15) is 0 Å². The Morgan fingerprint density at radius 2 is 1.93 bits per heavy atom. The molecule has 3 aromatic rings. The van der Waals surface area contributed by atoms with Crippen LogP contribution in [0.4, 0.5) is 5.69 Å². The Hall–Kier alpha value is -2.95. The summed E-state index contributed by atoms with van der Waals surface area (Å²) in [5, 5.41) is 0. The maximum Gasteiger partial charge on any atom is 0.237 e. The molecule has 0 bridgehead atoms. The maximum absolute atomic E-state index is 12.9. The Balaban J connectivity index is 1.56. The first-order valence-corrected chi connectivity index (χ1v) is 9.31. The summed E-state index contributed by atoms with van der Waals surface area (Å²) >= 11 is 0.